The molecule has 1 heterocycles. The lowest BCUT2D eigenvalue weighted by molar-refractivity contribution is -0.130. The van der Waals surface area contributed by atoms with E-state index in [1.54, 1.807) is 0 Å². The molecule has 0 radical (unpaired) electrons. The standard InChI is InChI=1S/C15H22BrN3O/c1-11-8-13(16)9-12(2)15(11)17-10-14(20)19-6-4-18(3)5-7-19/h8-9,17H,4-7,10H2,1-3H3. The van der Waals surface area contributed by atoms with Crippen molar-refractivity contribution < 1.29 is 4.79 Å². The molecule has 1 aromatic carbocycles. The average Bonchev–Trinajstić information content (AvgIpc) is 2.38. The highest BCUT2D eigenvalue weighted by molar-refractivity contribution is 9.10. The zero-order valence-electron chi connectivity index (χ0n) is 12.4. The molecule has 2 rings (SSSR count). The molecule has 1 aromatic rings. The molecule has 1 N–H and O–H groups in total. The highest BCUT2D eigenvalue weighted by Gasteiger charge is 2.18. The maximum absolute atomic E-state index is 12.2. The third kappa shape index (κ3) is 3.73. The first-order valence-electron chi connectivity index (χ1n) is 6.94. The fraction of sp³-hybridized carbons (Fsp3) is 0.533. The summed E-state index contributed by atoms with van der Waals surface area (Å²) in [6.07, 6.45) is 0. The second kappa shape index (κ2) is 6.59. The smallest absolute Gasteiger partial charge is 0.241 e. The number of piperazine rings is 1. The number of halogens is 1. The lowest BCUT2D eigenvalue weighted by Gasteiger charge is -2.32. The van der Waals surface area contributed by atoms with E-state index in [4.69, 9.17) is 0 Å². The van der Waals surface area contributed by atoms with Gasteiger partial charge in [0, 0.05) is 36.3 Å². The summed E-state index contributed by atoms with van der Waals surface area (Å²) in [6, 6.07) is 4.13. The van der Waals surface area contributed by atoms with Crippen LogP contribution in [0.5, 0.6) is 0 Å². The summed E-state index contributed by atoms with van der Waals surface area (Å²) in [5, 5.41) is 3.29. The molecule has 0 unspecified atom stereocenters. The van der Waals surface area contributed by atoms with E-state index in [1.165, 1.54) is 0 Å². The van der Waals surface area contributed by atoms with Crippen molar-refractivity contribution in [1.82, 2.24) is 9.80 Å². The Labute approximate surface area is 129 Å². The molecule has 0 bridgehead atoms. The van der Waals surface area contributed by atoms with E-state index in [1.807, 2.05) is 4.90 Å². The van der Waals surface area contributed by atoms with E-state index < -0.39 is 0 Å². The second-order valence-electron chi connectivity index (χ2n) is 5.45. The Balaban J connectivity index is 1.94. The van der Waals surface area contributed by atoms with E-state index in [-0.39, 0.29) is 5.91 Å². The normalized spacial score (nSPS) is 16.3. The van der Waals surface area contributed by atoms with Crippen LogP contribution in [0.15, 0.2) is 16.6 Å². The molecule has 0 saturated carbocycles. The Hall–Kier alpha value is -1.07. The Morgan fingerprint density at radius 1 is 1.20 bits per heavy atom. The SMILES string of the molecule is Cc1cc(Br)cc(C)c1NCC(=O)N1CCN(C)CC1. The zero-order valence-corrected chi connectivity index (χ0v) is 14.0. The molecule has 5 heteroatoms. The number of likely N-dealkylation sites (N-methyl/N-ethyl adjacent to an activating group) is 1. The molecular weight excluding hydrogens is 318 g/mol. The summed E-state index contributed by atoms with van der Waals surface area (Å²) < 4.78 is 1.07. The number of hydrogen-bond donors (Lipinski definition) is 1. The van der Waals surface area contributed by atoms with Gasteiger partial charge in [-0.25, -0.2) is 0 Å². The van der Waals surface area contributed by atoms with E-state index in [2.05, 4.69) is 59.2 Å². The van der Waals surface area contributed by atoms with Crippen molar-refractivity contribution in [2.24, 2.45) is 0 Å². The third-order valence-corrected chi connectivity index (χ3v) is 4.23. The number of nitrogens with one attached hydrogen (secondary N) is 1. The molecule has 1 aliphatic heterocycles. The Morgan fingerprint density at radius 3 is 2.30 bits per heavy atom. The first kappa shape index (κ1) is 15.3. The minimum Gasteiger partial charge on any atom is -0.376 e. The maximum Gasteiger partial charge on any atom is 0.241 e. The number of rotatable bonds is 3. The average molecular weight is 340 g/mol. The monoisotopic (exact) mass is 339 g/mol. The van der Waals surface area contributed by atoms with Gasteiger partial charge in [0.15, 0.2) is 0 Å². The van der Waals surface area contributed by atoms with E-state index in [0.717, 1.165) is 47.5 Å². The lowest BCUT2D eigenvalue weighted by Crippen LogP contribution is -2.48. The maximum atomic E-state index is 12.2. The lowest BCUT2D eigenvalue weighted by atomic mass is 10.1. The van der Waals surface area contributed by atoms with Crippen molar-refractivity contribution >= 4 is 27.5 Å². The van der Waals surface area contributed by atoms with Crippen molar-refractivity contribution in [2.75, 3.05) is 45.1 Å². The fourth-order valence-electron chi connectivity index (χ4n) is 2.52. The molecular formula is C15H22BrN3O. The molecule has 1 fully saturated rings. The highest BCUT2D eigenvalue weighted by atomic mass is 79.9. The van der Waals surface area contributed by atoms with Crippen LogP contribution < -0.4 is 5.32 Å². The molecule has 110 valence electrons. The van der Waals surface area contributed by atoms with Gasteiger partial charge in [-0.15, -0.1) is 0 Å². The van der Waals surface area contributed by atoms with Crippen molar-refractivity contribution in [3.05, 3.63) is 27.7 Å². The van der Waals surface area contributed by atoms with Gasteiger partial charge in [0.25, 0.3) is 0 Å². The van der Waals surface area contributed by atoms with E-state index >= 15 is 0 Å². The number of hydrogen-bond acceptors (Lipinski definition) is 3. The third-order valence-electron chi connectivity index (χ3n) is 3.77. The zero-order chi connectivity index (χ0) is 14.7. The number of carbonyl (C=O) groups is 1. The van der Waals surface area contributed by atoms with Crippen molar-refractivity contribution in [3.63, 3.8) is 0 Å². The van der Waals surface area contributed by atoms with Gasteiger partial charge in [0.2, 0.25) is 5.91 Å². The van der Waals surface area contributed by atoms with Crippen molar-refractivity contribution in [2.45, 2.75) is 13.8 Å². The van der Waals surface area contributed by atoms with Gasteiger partial charge >= 0.3 is 0 Å². The van der Waals surface area contributed by atoms with Crippen LogP contribution >= 0.6 is 15.9 Å². The number of carbonyl (C=O) groups excluding carboxylic acids is 1. The molecule has 4 nitrogen and oxygen atoms in total. The number of benzene rings is 1. The van der Waals surface area contributed by atoms with Crippen LogP contribution in [-0.2, 0) is 4.79 Å². The summed E-state index contributed by atoms with van der Waals surface area (Å²) in [5.74, 6) is 0.180. The molecule has 0 atom stereocenters. The predicted octanol–water partition coefficient (Wildman–Crippen LogP) is 2.25. The molecule has 0 spiro atoms. The Bertz CT molecular complexity index is 473. The quantitative estimate of drug-likeness (QED) is 0.917. The van der Waals surface area contributed by atoms with Crippen LogP contribution in [0.3, 0.4) is 0 Å². The van der Waals surface area contributed by atoms with Gasteiger partial charge in [0.05, 0.1) is 6.54 Å². The first-order chi connectivity index (χ1) is 9.47. The van der Waals surface area contributed by atoms with Crippen LogP contribution in [0.4, 0.5) is 5.69 Å². The number of nitrogens with zero attached hydrogens (tertiary/aromatic N) is 2. The van der Waals surface area contributed by atoms with Gasteiger partial charge in [-0.1, -0.05) is 15.9 Å². The highest BCUT2D eigenvalue weighted by Crippen LogP contribution is 2.24. The molecule has 0 aliphatic carbocycles. The molecule has 1 amide bonds. The van der Waals surface area contributed by atoms with Crippen LogP contribution in [-0.4, -0.2) is 55.5 Å². The van der Waals surface area contributed by atoms with Crippen LogP contribution in [0.1, 0.15) is 11.1 Å². The minimum absolute atomic E-state index is 0.180. The van der Waals surface area contributed by atoms with Crippen LogP contribution in [0.2, 0.25) is 0 Å². The second-order valence-corrected chi connectivity index (χ2v) is 6.37. The van der Waals surface area contributed by atoms with Crippen LogP contribution in [0.25, 0.3) is 0 Å². The van der Waals surface area contributed by atoms with Gasteiger partial charge < -0.3 is 15.1 Å². The number of aryl methyl sites for hydroxylation is 2. The summed E-state index contributed by atoms with van der Waals surface area (Å²) in [7, 11) is 2.09. The minimum atomic E-state index is 0.180. The van der Waals surface area contributed by atoms with Gasteiger partial charge in [-0.2, -0.15) is 0 Å². The summed E-state index contributed by atoms with van der Waals surface area (Å²) in [5.41, 5.74) is 3.38. The topological polar surface area (TPSA) is 35.6 Å². The molecule has 1 saturated heterocycles. The number of amides is 1. The van der Waals surface area contributed by atoms with E-state index in [0.29, 0.717) is 6.54 Å². The first-order valence-corrected chi connectivity index (χ1v) is 7.73. The predicted molar refractivity (Wildman–Crippen MR) is 86.2 cm³/mol. The van der Waals surface area contributed by atoms with E-state index in [9.17, 15) is 4.79 Å². The summed E-state index contributed by atoms with van der Waals surface area (Å²) >= 11 is 3.49. The largest absolute Gasteiger partial charge is 0.376 e. The summed E-state index contributed by atoms with van der Waals surface area (Å²) in [4.78, 5) is 16.4. The molecule has 0 aromatic heterocycles. The Morgan fingerprint density at radius 2 is 1.75 bits per heavy atom. The van der Waals surface area contributed by atoms with Gasteiger partial charge in [-0.05, 0) is 44.2 Å². The van der Waals surface area contributed by atoms with Crippen molar-refractivity contribution in [3.8, 4) is 0 Å². The molecule has 20 heavy (non-hydrogen) atoms. The van der Waals surface area contributed by atoms with Gasteiger partial charge in [0.1, 0.15) is 0 Å². The van der Waals surface area contributed by atoms with Gasteiger partial charge in [-0.3, -0.25) is 4.79 Å². The van der Waals surface area contributed by atoms with Crippen LogP contribution in [0, 0.1) is 13.8 Å². The fourth-order valence-corrected chi connectivity index (χ4v) is 3.21. The molecule has 1 aliphatic rings. The van der Waals surface area contributed by atoms with Crippen molar-refractivity contribution in [1.29, 1.82) is 0 Å². The number of anilines is 1. The summed E-state index contributed by atoms with van der Waals surface area (Å²) in [6.45, 7) is 8.06. The Kier molecular flexibility index (Phi) is 5.05.